The largest absolute Gasteiger partial charge is 0.496 e. The Kier molecular flexibility index (Phi) is 6.50. The van der Waals surface area contributed by atoms with Crippen LogP contribution < -0.4 is 14.2 Å². The van der Waals surface area contributed by atoms with Gasteiger partial charge in [-0.3, -0.25) is 0 Å². The third-order valence-electron chi connectivity index (χ3n) is 6.50. The van der Waals surface area contributed by atoms with Crippen LogP contribution in [0.1, 0.15) is 36.4 Å². The number of likely N-dealkylation sites (tertiary alicyclic amines) is 1. The van der Waals surface area contributed by atoms with Gasteiger partial charge in [-0.25, -0.2) is 14.0 Å². The van der Waals surface area contributed by atoms with Gasteiger partial charge in [0.05, 0.1) is 18.2 Å². The minimum absolute atomic E-state index is 0.0339. The Morgan fingerprint density at radius 2 is 1.80 bits per heavy atom. The van der Waals surface area contributed by atoms with Gasteiger partial charge in [0.25, 0.3) is 0 Å². The van der Waals surface area contributed by atoms with Crippen molar-refractivity contribution in [2.75, 3.05) is 26.7 Å². The first-order valence-corrected chi connectivity index (χ1v) is 11.6. The second kappa shape index (κ2) is 9.87. The number of aryl methyl sites for hydroxylation is 1. The highest BCUT2D eigenvalue weighted by Crippen LogP contribution is 2.44. The van der Waals surface area contributed by atoms with Crippen LogP contribution in [-0.4, -0.2) is 48.7 Å². The summed E-state index contributed by atoms with van der Waals surface area (Å²) in [5.41, 5.74) is 1.93. The summed E-state index contributed by atoms with van der Waals surface area (Å²) >= 11 is 0. The number of hydrogen-bond donors (Lipinski definition) is 0. The minimum atomic E-state index is -0.864. The average molecular weight is 480 g/mol. The molecule has 5 rings (SSSR count). The smallest absolute Gasteiger partial charge is 0.336 e. The molecule has 1 aromatic heterocycles. The van der Waals surface area contributed by atoms with Crippen LogP contribution in [-0.2, 0) is 16.0 Å². The Labute approximate surface area is 201 Å². The van der Waals surface area contributed by atoms with Crippen molar-refractivity contribution in [3.8, 4) is 17.2 Å². The molecule has 0 aliphatic carbocycles. The maximum absolute atomic E-state index is 14.6. The number of ether oxygens (including phenoxy) is 3. The number of nitrogens with zero attached hydrogens (tertiary/aromatic N) is 2. The maximum Gasteiger partial charge on any atom is 0.336 e. The molecule has 0 atom stereocenters. The van der Waals surface area contributed by atoms with Crippen LogP contribution >= 0.6 is 0 Å². The van der Waals surface area contributed by atoms with E-state index in [9.17, 15) is 14.0 Å². The second-order valence-electron chi connectivity index (χ2n) is 8.66. The first kappa shape index (κ1) is 23.0. The number of rotatable bonds is 6. The molecule has 0 N–H and O–H groups in total. The molecule has 9 heteroatoms. The monoisotopic (exact) mass is 480 g/mol. The summed E-state index contributed by atoms with van der Waals surface area (Å²) in [6, 6.07) is 9.16. The van der Waals surface area contributed by atoms with Crippen molar-refractivity contribution >= 4 is 22.9 Å². The molecule has 182 valence electrons. The Morgan fingerprint density at radius 3 is 2.54 bits per heavy atom. The lowest BCUT2D eigenvalue weighted by Gasteiger charge is -2.31. The molecular weight excluding hydrogens is 455 g/mol. The van der Waals surface area contributed by atoms with E-state index < -0.39 is 23.5 Å². The van der Waals surface area contributed by atoms with E-state index in [2.05, 4.69) is 16.1 Å². The highest BCUT2D eigenvalue weighted by molar-refractivity contribution is 5.99. The van der Waals surface area contributed by atoms with Crippen molar-refractivity contribution < 1.29 is 32.7 Å². The van der Waals surface area contributed by atoms with E-state index in [1.54, 1.807) is 7.11 Å². The summed E-state index contributed by atoms with van der Waals surface area (Å²) in [5.74, 6) is -2.18. The Balaban J connectivity index is 1.29. The van der Waals surface area contributed by atoms with Gasteiger partial charge in [0, 0.05) is 24.1 Å². The van der Waals surface area contributed by atoms with Crippen LogP contribution in [0.4, 0.5) is 4.39 Å². The van der Waals surface area contributed by atoms with E-state index in [1.165, 1.54) is 5.56 Å². The fourth-order valence-corrected chi connectivity index (χ4v) is 4.75. The average Bonchev–Trinajstić information content (AvgIpc) is 3.28. The van der Waals surface area contributed by atoms with Crippen LogP contribution in [0.5, 0.6) is 17.2 Å². The first-order valence-electron chi connectivity index (χ1n) is 11.6. The zero-order valence-corrected chi connectivity index (χ0v) is 19.3. The molecule has 0 saturated carbocycles. The van der Waals surface area contributed by atoms with Gasteiger partial charge < -0.3 is 23.6 Å². The number of fused-ring (bicyclic) bond motifs is 3. The molecule has 2 aromatic carbocycles. The summed E-state index contributed by atoms with van der Waals surface area (Å²) in [6.07, 6.45) is 5.42. The SMILES string of the molecule is COc1ccccc1CCCN1CCC(c2noc3cc(F)c4c(c23)OC(=O)/C=C/C(=O)O4)CC1. The number of hydrogen-bond acceptors (Lipinski definition) is 8. The van der Waals surface area contributed by atoms with Crippen LogP contribution in [0.15, 0.2) is 47.0 Å². The third-order valence-corrected chi connectivity index (χ3v) is 6.50. The minimum Gasteiger partial charge on any atom is -0.496 e. The van der Waals surface area contributed by atoms with Gasteiger partial charge in [-0.15, -0.1) is 0 Å². The predicted octanol–water partition coefficient (Wildman–Crippen LogP) is 4.17. The van der Waals surface area contributed by atoms with Crippen molar-refractivity contribution in [3.63, 3.8) is 0 Å². The first-order chi connectivity index (χ1) is 17.0. The molecule has 0 unspecified atom stereocenters. The molecule has 8 nitrogen and oxygen atoms in total. The number of carbonyl (C=O) groups excluding carboxylic acids is 2. The van der Waals surface area contributed by atoms with Gasteiger partial charge in [-0.2, -0.15) is 0 Å². The van der Waals surface area contributed by atoms with Crippen LogP contribution in [0.2, 0.25) is 0 Å². The molecular formula is C26H25FN2O6. The van der Waals surface area contributed by atoms with Gasteiger partial charge in [0.15, 0.2) is 17.1 Å². The lowest BCUT2D eigenvalue weighted by atomic mass is 9.91. The summed E-state index contributed by atoms with van der Waals surface area (Å²) in [6.45, 7) is 2.70. The molecule has 3 heterocycles. The van der Waals surface area contributed by atoms with Gasteiger partial charge in [0.2, 0.25) is 5.75 Å². The van der Waals surface area contributed by atoms with E-state index in [1.807, 2.05) is 18.2 Å². The predicted molar refractivity (Wildman–Crippen MR) is 124 cm³/mol. The number of esters is 2. The second-order valence-corrected chi connectivity index (χ2v) is 8.66. The van der Waals surface area contributed by atoms with Crippen molar-refractivity contribution in [2.24, 2.45) is 0 Å². The molecule has 0 spiro atoms. The van der Waals surface area contributed by atoms with E-state index in [-0.39, 0.29) is 17.3 Å². The highest BCUT2D eigenvalue weighted by atomic mass is 19.1. The lowest BCUT2D eigenvalue weighted by molar-refractivity contribution is -0.133. The van der Waals surface area contributed by atoms with Crippen LogP contribution in [0, 0.1) is 5.82 Å². The van der Waals surface area contributed by atoms with Crippen molar-refractivity contribution in [3.05, 3.63) is 59.6 Å². The molecule has 1 saturated heterocycles. The lowest BCUT2D eigenvalue weighted by Crippen LogP contribution is -2.34. The van der Waals surface area contributed by atoms with Gasteiger partial charge in [-0.05, 0) is 56.9 Å². The summed E-state index contributed by atoms with van der Waals surface area (Å²) < 4.78 is 35.9. The summed E-state index contributed by atoms with van der Waals surface area (Å²) in [4.78, 5) is 26.4. The molecule has 2 aliphatic rings. The summed E-state index contributed by atoms with van der Waals surface area (Å²) in [5, 5.41) is 4.56. The van der Waals surface area contributed by atoms with E-state index >= 15 is 0 Å². The number of aromatic nitrogens is 1. The zero-order chi connectivity index (χ0) is 24.4. The quantitative estimate of drug-likeness (QED) is 0.384. The molecule has 3 aromatic rings. The number of benzene rings is 2. The molecule has 2 aliphatic heterocycles. The molecule has 0 bridgehead atoms. The number of halogens is 1. The van der Waals surface area contributed by atoms with E-state index in [4.69, 9.17) is 18.7 Å². The van der Waals surface area contributed by atoms with Gasteiger partial charge in [-0.1, -0.05) is 23.4 Å². The van der Waals surface area contributed by atoms with E-state index in [0.717, 1.165) is 69.3 Å². The number of para-hydroxylation sites is 1. The van der Waals surface area contributed by atoms with Crippen molar-refractivity contribution in [1.82, 2.24) is 10.1 Å². The fraction of sp³-hybridized carbons (Fsp3) is 0.346. The maximum atomic E-state index is 14.6. The Bertz CT molecular complexity index is 1290. The zero-order valence-electron chi connectivity index (χ0n) is 19.3. The normalized spacial score (nSPS) is 17.9. The standard InChI is InChI=1S/C26H25FN2O6/c1-32-19-7-3-2-5-16(19)6-4-12-29-13-10-17(11-14-29)24-23-20(35-28-24)15-18(27)25-26(23)34-22(31)9-8-21(30)33-25/h2-3,5,7-9,15,17H,4,6,10-14H2,1H3/b9-8+. The van der Waals surface area contributed by atoms with Crippen molar-refractivity contribution in [2.45, 2.75) is 31.6 Å². The van der Waals surface area contributed by atoms with Crippen LogP contribution in [0.25, 0.3) is 11.0 Å². The fourth-order valence-electron chi connectivity index (χ4n) is 4.75. The topological polar surface area (TPSA) is 91.1 Å². The Morgan fingerprint density at radius 1 is 1.09 bits per heavy atom. The summed E-state index contributed by atoms with van der Waals surface area (Å²) in [7, 11) is 1.69. The van der Waals surface area contributed by atoms with Gasteiger partial charge in [0.1, 0.15) is 5.75 Å². The Hall–Kier alpha value is -3.72. The molecule has 35 heavy (non-hydrogen) atoms. The molecule has 1 fully saturated rings. The number of piperidine rings is 1. The molecule has 0 amide bonds. The number of carbonyl (C=O) groups is 2. The third kappa shape index (κ3) is 4.77. The highest BCUT2D eigenvalue weighted by Gasteiger charge is 2.31. The van der Waals surface area contributed by atoms with Gasteiger partial charge >= 0.3 is 11.9 Å². The van der Waals surface area contributed by atoms with Crippen LogP contribution in [0.3, 0.4) is 0 Å². The van der Waals surface area contributed by atoms with Crippen molar-refractivity contribution in [1.29, 1.82) is 0 Å². The number of methoxy groups -OCH3 is 1. The van der Waals surface area contributed by atoms with E-state index in [0.29, 0.717) is 11.1 Å². The molecule has 0 radical (unpaired) electrons.